The third-order valence-corrected chi connectivity index (χ3v) is 3.59. The number of hydrogen-bond acceptors (Lipinski definition) is 2. The molecule has 2 N–H and O–H groups in total. The molecule has 0 aliphatic rings. The monoisotopic (exact) mass is 354 g/mol. The van der Waals surface area contributed by atoms with Gasteiger partial charge in [0.15, 0.2) is 5.11 Å². The lowest BCUT2D eigenvalue weighted by atomic mass is 10.3. The summed E-state index contributed by atoms with van der Waals surface area (Å²) in [5.41, 5.74) is 1.67. The van der Waals surface area contributed by atoms with Crippen molar-refractivity contribution >= 4 is 40.3 Å². The first-order chi connectivity index (χ1) is 11.7. The number of benzene rings is 3. The minimum absolute atomic E-state index is 0.481. The molecule has 5 heteroatoms. The van der Waals surface area contributed by atoms with Gasteiger partial charge < -0.3 is 15.4 Å². The number of thiocarbonyl (C=S) groups is 1. The summed E-state index contributed by atoms with van der Waals surface area (Å²) < 4.78 is 5.81. The molecular weight excluding hydrogens is 340 g/mol. The highest BCUT2D eigenvalue weighted by Gasteiger charge is 2.02. The van der Waals surface area contributed by atoms with E-state index >= 15 is 0 Å². The summed E-state index contributed by atoms with van der Waals surface area (Å²) in [6.45, 7) is 0. The quantitative estimate of drug-likeness (QED) is 0.568. The molecule has 3 aromatic rings. The maximum atomic E-state index is 5.97. The molecule has 3 aromatic carbocycles. The van der Waals surface area contributed by atoms with E-state index in [0.717, 1.165) is 22.9 Å². The van der Waals surface area contributed by atoms with Crippen LogP contribution in [0.1, 0.15) is 0 Å². The Hall–Kier alpha value is -2.56. The molecule has 3 nitrogen and oxygen atoms in total. The third-order valence-electron chi connectivity index (χ3n) is 3.15. The van der Waals surface area contributed by atoms with Gasteiger partial charge in [-0.3, -0.25) is 0 Å². The predicted molar refractivity (Wildman–Crippen MR) is 104 cm³/mol. The molecule has 0 heterocycles. The van der Waals surface area contributed by atoms with Crippen molar-refractivity contribution in [2.75, 3.05) is 10.6 Å². The standard InChI is InChI=1S/C19H15ClN2OS/c20-14-6-4-7-15(12-14)21-19(24)22-16-8-5-11-18(13-16)23-17-9-2-1-3-10-17/h1-13H,(H2,21,22,24). The van der Waals surface area contributed by atoms with Crippen molar-refractivity contribution in [3.63, 3.8) is 0 Å². The predicted octanol–water partition coefficient (Wildman–Crippen LogP) is 5.94. The van der Waals surface area contributed by atoms with Gasteiger partial charge in [0.25, 0.3) is 0 Å². The van der Waals surface area contributed by atoms with Crippen LogP contribution in [-0.2, 0) is 0 Å². The highest BCUT2D eigenvalue weighted by Crippen LogP contribution is 2.24. The molecule has 0 bridgehead atoms. The number of anilines is 2. The molecule has 0 atom stereocenters. The Morgan fingerprint density at radius 3 is 2.08 bits per heavy atom. The van der Waals surface area contributed by atoms with Crippen LogP contribution in [-0.4, -0.2) is 5.11 Å². The molecule has 0 aliphatic carbocycles. The topological polar surface area (TPSA) is 33.3 Å². The zero-order chi connectivity index (χ0) is 16.8. The van der Waals surface area contributed by atoms with Gasteiger partial charge in [-0.15, -0.1) is 0 Å². The summed E-state index contributed by atoms with van der Waals surface area (Å²) in [6, 6.07) is 24.6. The Kier molecular flexibility index (Phi) is 5.31. The average Bonchev–Trinajstić information content (AvgIpc) is 2.56. The van der Waals surface area contributed by atoms with Gasteiger partial charge in [-0.25, -0.2) is 0 Å². The number of nitrogens with one attached hydrogen (secondary N) is 2. The van der Waals surface area contributed by atoms with E-state index in [0.29, 0.717) is 10.1 Å². The van der Waals surface area contributed by atoms with Crippen LogP contribution in [0.2, 0.25) is 5.02 Å². The molecular formula is C19H15ClN2OS. The second kappa shape index (κ2) is 7.81. The van der Waals surface area contributed by atoms with E-state index in [1.165, 1.54) is 0 Å². The van der Waals surface area contributed by atoms with Crippen LogP contribution in [0, 0.1) is 0 Å². The summed E-state index contributed by atoms with van der Waals surface area (Å²) >= 11 is 11.3. The Bertz CT molecular complexity index is 840. The van der Waals surface area contributed by atoms with Crippen LogP contribution >= 0.6 is 23.8 Å². The fraction of sp³-hybridized carbons (Fsp3) is 0. The second-order valence-electron chi connectivity index (χ2n) is 5.03. The second-order valence-corrected chi connectivity index (χ2v) is 5.88. The molecule has 0 radical (unpaired) electrons. The SMILES string of the molecule is S=C(Nc1cccc(Cl)c1)Nc1cccc(Oc2ccccc2)c1. The van der Waals surface area contributed by atoms with E-state index < -0.39 is 0 Å². The van der Waals surface area contributed by atoms with E-state index in [2.05, 4.69) is 10.6 Å². The Balaban J connectivity index is 1.65. The van der Waals surface area contributed by atoms with E-state index in [1.54, 1.807) is 0 Å². The van der Waals surface area contributed by atoms with Gasteiger partial charge in [0.05, 0.1) is 0 Å². The largest absolute Gasteiger partial charge is 0.457 e. The van der Waals surface area contributed by atoms with Crippen LogP contribution in [0.15, 0.2) is 78.9 Å². The highest BCUT2D eigenvalue weighted by molar-refractivity contribution is 7.80. The van der Waals surface area contributed by atoms with Crippen molar-refractivity contribution < 1.29 is 4.74 Å². The van der Waals surface area contributed by atoms with Crippen molar-refractivity contribution in [2.24, 2.45) is 0 Å². The van der Waals surface area contributed by atoms with Gasteiger partial charge in [0.2, 0.25) is 0 Å². The lowest BCUT2D eigenvalue weighted by Gasteiger charge is -2.12. The molecule has 0 fully saturated rings. The smallest absolute Gasteiger partial charge is 0.175 e. The van der Waals surface area contributed by atoms with Gasteiger partial charge in [0.1, 0.15) is 11.5 Å². The lowest BCUT2D eigenvalue weighted by Crippen LogP contribution is -2.18. The van der Waals surface area contributed by atoms with Crippen LogP contribution in [0.5, 0.6) is 11.5 Å². The first-order valence-electron chi connectivity index (χ1n) is 7.35. The fourth-order valence-electron chi connectivity index (χ4n) is 2.12. The average molecular weight is 355 g/mol. The van der Waals surface area contributed by atoms with Crippen molar-refractivity contribution in [3.05, 3.63) is 83.9 Å². The molecule has 3 rings (SSSR count). The number of halogens is 1. The number of rotatable bonds is 4. The zero-order valence-electron chi connectivity index (χ0n) is 12.7. The third kappa shape index (κ3) is 4.72. The first kappa shape index (κ1) is 16.3. The van der Waals surface area contributed by atoms with Gasteiger partial charge in [-0.2, -0.15) is 0 Å². The Labute approximate surface area is 151 Å². The van der Waals surface area contributed by atoms with Crippen LogP contribution in [0.3, 0.4) is 0 Å². The molecule has 0 amide bonds. The molecule has 24 heavy (non-hydrogen) atoms. The molecule has 120 valence electrons. The van der Waals surface area contributed by atoms with Crippen LogP contribution < -0.4 is 15.4 Å². The molecule has 0 spiro atoms. The van der Waals surface area contributed by atoms with Crippen molar-refractivity contribution in [1.82, 2.24) is 0 Å². The molecule has 0 saturated heterocycles. The van der Waals surface area contributed by atoms with E-state index in [4.69, 9.17) is 28.6 Å². The Morgan fingerprint density at radius 1 is 0.750 bits per heavy atom. The number of hydrogen-bond donors (Lipinski definition) is 2. The molecule has 0 unspecified atom stereocenters. The summed E-state index contributed by atoms with van der Waals surface area (Å²) in [4.78, 5) is 0. The van der Waals surface area contributed by atoms with Gasteiger partial charge in [0, 0.05) is 22.5 Å². The van der Waals surface area contributed by atoms with Crippen LogP contribution in [0.4, 0.5) is 11.4 Å². The number of para-hydroxylation sites is 1. The van der Waals surface area contributed by atoms with Gasteiger partial charge in [-0.05, 0) is 54.7 Å². The molecule has 0 saturated carbocycles. The van der Waals surface area contributed by atoms with Gasteiger partial charge >= 0.3 is 0 Å². The summed E-state index contributed by atoms with van der Waals surface area (Å²) in [5, 5.41) is 7.36. The van der Waals surface area contributed by atoms with Crippen molar-refractivity contribution in [2.45, 2.75) is 0 Å². The Morgan fingerprint density at radius 2 is 1.38 bits per heavy atom. The minimum atomic E-state index is 0.481. The first-order valence-corrected chi connectivity index (χ1v) is 8.14. The molecule has 0 aromatic heterocycles. The van der Waals surface area contributed by atoms with Gasteiger partial charge in [-0.1, -0.05) is 41.9 Å². The summed E-state index contributed by atoms with van der Waals surface area (Å²) in [5.74, 6) is 1.52. The lowest BCUT2D eigenvalue weighted by molar-refractivity contribution is 0.483. The normalized spacial score (nSPS) is 10.0. The van der Waals surface area contributed by atoms with Crippen LogP contribution in [0.25, 0.3) is 0 Å². The van der Waals surface area contributed by atoms with E-state index in [1.807, 2.05) is 78.9 Å². The minimum Gasteiger partial charge on any atom is -0.457 e. The summed E-state index contributed by atoms with van der Waals surface area (Å²) in [7, 11) is 0. The van der Waals surface area contributed by atoms with E-state index in [-0.39, 0.29) is 0 Å². The zero-order valence-corrected chi connectivity index (χ0v) is 14.3. The maximum absolute atomic E-state index is 5.97. The fourth-order valence-corrected chi connectivity index (χ4v) is 2.55. The highest BCUT2D eigenvalue weighted by atomic mass is 35.5. The maximum Gasteiger partial charge on any atom is 0.175 e. The summed E-state index contributed by atoms with van der Waals surface area (Å²) in [6.07, 6.45) is 0. The number of ether oxygens (including phenoxy) is 1. The molecule has 0 aliphatic heterocycles. The van der Waals surface area contributed by atoms with E-state index in [9.17, 15) is 0 Å². The van der Waals surface area contributed by atoms with Crippen molar-refractivity contribution in [3.8, 4) is 11.5 Å². The van der Waals surface area contributed by atoms with Crippen molar-refractivity contribution in [1.29, 1.82) is 0 Å².